The number of nitrogens with zero attached hydrogens (tertiary/aromatic N) is 3. The molecule has 1 aromatic carbocycles. The molecule has 1 aliphatic carbocycles. The second-order valence-corrected chi connectivity index (χ2v) is 10.8. The van der Waals surface area contributed by atoms with Gasteiger partial charge in [0.1, 0.15) is 17.1 Å². The van der Waals surface area contributed by atoms with Gasteiger partial charge in [0.15, 0.2) is 6.73 Å². The summed E-state index contributed by atoms with van der Waals surface area (Å²) in [4.78, 5) is 31.4. The molecule has 7 nitrogen and oxygen atoms in total. The van der Waals surface area contributed by atoms with Gasteiger partial charge in [0, 0.05) is 37.3 Å². The van der Waals surface area contributed by atoms with E-state index in [1.807, 2.05) is 0 Å². The van der Waals surface area contributed by atoms with Gasteiger partial charge in [0.2, 0.25) is 0 Å². The fraction of sp³-hybridized carbons (Fsp3) is 0.692. The molecule has 1 aromatic rings. The van der Waals surface area contributed by atoms with Crippen LogP contribution in [-0.2, 0) is 27.0 Å². The number of ether oxygens (including phenoxy) is 2. The minimum absolute atomic E-state index is 0.00802. The Kier molecular flexibility index (Phi) is 6.80. The highest BCUT2D eigenvalue weighted by atomic mass is 19.4. The first-order valence-electron chi connectivity index (χ1n) is 12.8. The predicted molar refractivity (Wildman–Crippen MR) is 125 cm³/mol. The predicted octanol–water partition coefficient (Wildman–Crippen LogP) is 3.31. The number of hydrogen-bond acceptors (Lipinski definition) is 6. The van der Waals surface area contributed by atoms with Gasteiger partial charge in [-0.25, -0.2) is 0 Å². The van der Waals surface area contributed by atoms with E-state index in [4.69, 9.17) is 9.47 Å². The van der Waals surface area contributed by atoms with Crippen LogP contribution in [-0.4, -0.2) is 83.6 Å². The van der Waals surface area contributed by atoms with Crippen molar-refractivity contribution in [1.29, 1.82) is 0 Å². The third kappa shape index (κ3) is 4.99. The molecule has 4 aliphatic rings. The van der Waals surface area contributed by atoms with Crippen molar-refractivity contribution in [3.63, 3.8) is 0 Å². The molecular weight excluding hydrogens is 475 g/mol. The summed E-state index contributed by atoms with van der Waals surface area (Å²) in [5, 5.41) is 0. The number of carbonyl (C=O) groups excluding carboxylic acids is 2. The molecule has 3 atom stereocenters. The molecule has 0 bridgehead atoms. The lowest BCUT2D eigenvalue weighted by molar-refractivity contribution is -0.181. The maximum atomic E-state index is 13.8. The molecule has 0 unspecified atom stereocenters. The Labute approximate surface area is 209 Å². The van der Waals surface area contributed by atoms with Crippen LogP contribution in [0.4, 0.5) is 13.2 Å². The SMILES string of the molecule is CC(=O)CN1CCN([C@@H]2CC[C@@](C(=O)N3COc4ccc(C(F)(F)F)cc4C3)(C3CC3)OC2)C[C@@H]1C. The fourth-order valence-corrected chi connectivity index (χ4v) is 5.98. The summed E-state index contributed by atoms with van der Waals surface area (Å²) in [5.41, 5.74) is -1.31. The second kappa shape index (κ2) is 9.61. The van der Waals surface area contributed by atoms with E-state index >= 15 is 0 Å². The van der Waals surface area contributed by atoms with Crippen molar-refractivity contribution in [3.05, 3.63) is 29.3 Å². The lowest BCUT2D eigenvalue weighted by Gasteiger charge is -2.48. The number of amides is 1. The summed E-state index contributed by atoms with van der Waals surface area (Å²) in [5.74, 6) is 0.518. The zero-order valence-electron chi connectivity index (χ0n) is 20.9. The lowest BCUT2D eigenvalue weighted by Crippen LogP contribution is -2.61. The standard InChI is InChI=1S/C26H34F3N3O4/c1-17-12-31(10-9-30(17)13-18(2)33)22-7-8-25(36-15-22,20-3-4-20)24(34)32-14-19-11-21(26(27,28)29)5-6-23(19)35-16-32/h5-6,11,17,20,22H,3-4,7-10,12-16H2,1-2H3/t17-,22+,25-/m0/s1. The summed E-state index contributed by atoms with van der Waals surface area (Å²) in [6.45, 7) is 7.29. The van der Waals surface area contributed by atoms with Crippen LogP contribution in [0.25, 0.3) is 0 Å². The molecule has 3 fully saturated rings. The number of hydrogen-bond donors (Lipinski definition) is 0. The molecule has 3 heterocycles. The molecule has 0 radical (unpaired) electrons. The van der Waals surface area contributed by atoms with Gasteiger partial charge in [-0.3, -0.25) is 19.4 Å². The molecule has 10 heteroatoms. The van der Waals surface area contributed by atoms with Crippen molar-refractivity contribution in [2.45, 2.75) is 69.9 Å². The van der Waals surface area contributed by atoms with Gasteiger partial charge >= 0.3 is 6.18 Å². The number of fused-ring (bicyclic) bond motifs is 1. The lowest BCUT2D eigenvalue weighted by atomic mass is 9.85. The molecule has 3 aliphatic heterocycles. The van der Waals surface area contributed by atoms with Crippen LogP contribution in [0.2, 0.25) is 0 Å². The van der Waals surface area contributed by atoms with E-state index in [0.717, 1.165) is 51.0 Å². The molecule has 198 valence electrons. The Hall–Kier alpha value is -2.17. The van der Waals surface area contributed by atoms with Crippen molar-refractivity contribution >= 4 is 11.7 Å². The van der Waals surface area contributed by atoms with E-state index in [-0.39, 0.29) is 43.0 Å². The summed E-state index contributed by atoms with van der Waals surface area (Å²) < 4.78 is 51.7. The van der Waals surface area contributed by atoms with Crippen molar-refractivity contribution in [3.8, 4) is 5.75 Å². The Morgan fingerprint density at radius 3 is 2.56 bits per heavy atom. The van der Waals surface area contributed by atoms with E-state index in [0.29, 0.717) is 30.9 Å². The number of Topliss-reactive ketones (excluding diaryl/α,β-unsaturated/α-hetero) is 1. The minimum Gasteiger partial charge on any atom is -0.473 e. The van der Waals surface area contributed by atoms with Gasteiger partial charge in [0.05, 0.1) is 25.3 Å². The van der Waals surface area contributed by atoms with Crippen LogP contribution in [0.5, 0.6) is 5.75 Å². The van der Waals surface area contributed by atoms with Gasteiger partial charge < -0.3 is 14.4 Å². The van der Waals surface area contributed by atoms with Crippen molar-refractivity contribution < 1.29 is 32.2 Å². The molecule has 36 heavy (non-hydrogen) atoms. The zero-order chi connectivity index (χ0) is 25.7. The van der Waals surface area contributed by atoms with E-state index in [2.05, 4.69) is 16.7 Å². The third-order valence-electron chi connectivity index (χ3n) is 8.13. The highest BCUT2D eigenvalue weighted by Crippen LogP contribution is 2.48. The highest BCUT2D eigenvalue weighted by Gasteiger charge is 2.56. The summed E-state index contributed by atoms with van der Waals surface area (Å²) in [7, 11) is 0. The molecule has 5 rings (SSSR count). The number of benzene rings is 1. The van der Waals surface area contributed by atoms with Crippen LogP contribution in [0, 0.1) is 5.92 Å². The van der Waals surface area contributed by atoms with Crippen molar-refractivity contribution in [1.82, 2.24) is 14.7 Å². The first-order chi connectivity index (χ1) is 17.1. The Balaban J connectivity index is 1.24. The van der Waals surface area contributed by atoms with Gasteiger partial charge in [-0.05, 0) is 63.6 Å². The third-order valence-corrected chi connectivity index (χ3v) is 8.13. The highest BCUT2D eigenvalue weighted by molar-refractivity contribution is 5.86. The number of piperazine rings is 1. The van der Waals surface area contributed by atoms with Crippen LogP contribution < -0.4 is 4.74 Å². The topological polar surface area (TPSA) is 62.3 Å². The average molecular weight is 510 g/mol. The largest absolute Gasteiger partial charge is 0.473 e. The Bertz CT molecular complexity index is 1000. The van der Waals surface area contributed by atoms with Gasteiger partial charge in [-0.2, -0.15) is 13.2 Å². The van der Waals surface area contributed by atoms with Gasteiger partial charge in [-0.1, -0.05) is 0 Å². The summed E-state index contributed by atoms with van der Waals surface area (Å²) in [6, 6.07) is 3.89. The number of ketones is 1. The molecule has 0 N–H and O–H groups in total. The van der Waals surface area contributed by atoms with Gasteiger partial charge in [0.25, 0.3) is 5.91 Å². The monoisotopic (exact) mass is 509 g/mol. The number of alkyl halides is 3. The summed E-state index contributed by atoms with van der Waals surface area (Å²) in [6.07, 6.45) is -1.20. The minimum atomic E-state index is -4.45. The normalized spacial score (nSPS) is 30.0. The molecule has 1 amide bonds. The van der Waals surface area contributed by atoms with E-state index in [9.17, 15) is 22.8 Å². The van der Waals surface area contributed by atoms with Crippen molar-refractivity contribution in [2.75, 3.05) is 39.5 Å². The fourth-order valence-electron chi connectivity index (χ4n) is 5.98. The number of carbonyl (C=O) groups is 2. The zero-order valence-corrected chi connectivity index (χ0v) is 20.9. The molecule has 0 spiro atoms. The van der Waals surface area contributed by atoms with Crippen LogP contribution in [0.3, 0.4) is 0 Å². The maximum absolute atomic E-state index is 13.8. The smallest absolute Gasteiger partial charge is 0.416 e. The molecular formula is C26H34F3N3O4. The van der Waals surface area contributed by atoms with E-state index in [1.165, 1.54) is 11.0 Å². The molecule has 2 saturated heterocycles. The van der Waals surface area contributed by atoms with Crippen LogP contribution in [0.1, 0.15) is 50.7 Å². The number of halogens is 3. The first-order valence-corrected chi connectivity index (χ1v) is 12.8. The van der Waals surface area contributed by atoms with E-state index < -0.39 is 17.3 Å². The Morgan fingerprint density at radius 1 is 1.17 bits per heavy atom. The average Bonchev–Trinajstić information content (AvgIpc) is 3.69. The van der Waals surface area contributed by atoms with Crippen LogP contribution in [0.15, 0.2) is 18.2 Å². The maximum Gasteiger partial charge on any atom is 0.416 e. The van der Waals surface area contributed by atoms with Crippen LogP contribution >= 0.6 is 0 Å². The van der Waals surface area contributed by atoms with Gasteiger partial charge in [-0.15, -0.1) is 0 Å². The summed E-state index contributed by atoms with van der Waals surface area (Å²) >= 11 is 0. The number of rotatable bonds is 5. The quantitative estimate of drug-likeness (QED) is 0.607. The molecule has 1 saturated carbocycles. The van der Waals surface area contributed by atoms with Crippen molar-refractivity contribution in [2.24, 2.45) is 5.92 Å². The van der Waals surface area contributed by atoms with E-state index in [1.54, 1.807) is 6.92 Å². The first kappa shape index (κ1) is 25.5. The second-order valence-electron chi connectivity index (χ2n) is 10.8. The Morgan fingerprint density at radius 2 is 1.94 bits per heavy atom. The molecule has 0 aromatic heterocycles.